The van der Waals surface area contributed by atoms with Gasteiger partial charge in [0.05, 0.1) is 82.4 Å². The molecule has 0 saturated heterocycles. The van der Waals surface area contributed by atoms with E-state index in [4.69, 9.17) is 35.0 Å². The molecule has 10 atom stereocenters. The van der Waals surface area contributed by atoms with Gasteiger partial charge < -0.3 is 65.6 Å². The largest absolute Gasteiger partial charge is 0.465 e. The van der Waals surface area contributed by atoms with Crippen molar-refractivity contribution in [3.63, 3.8) is 0 Å². The van der Waals surface area contributed by atoms with Crippen LogP contribution in [0.2, 0.25) is 0 Å². The number of carbonyl (C=O) groups excluding carboxylic acids is 2. The van der Waals surface area contributed by atoms with E-state index in [2.05, 4.69) is 30.3 Å². The van der Waals surface area contributed by atoms with Gasteiger partial charge in [-0.3, -0.25) is 9.59 Å². The van der Waals surface area contributed by atoms with E-state index in [-0.39, 0.29) is 93.7 Å². The van der Waals surface area contributed by atoms with Crippen LogP contribution in [0.15, 0.2) is 85.0 Å². The van der Waals surface area contributed by atoms with Gasteiger partial charge in [-0.1, -0.05) is 85.0 Å². The lowest BCUT2D eigenvalue weighted by atomic mass is 9.85. The van der Waals surface area contributed by atoms with Crippen molar-refractivity contribution in [2.24, 2.45) is 35.5 Å². The van der Waals surface area contributed by atoms with E-state index in [1.807, 2.05) is 68.5 Å². The number of ether oxygens (including phenoxy) is 2. The number of esters is 2. The number of carbonyl (C=O) groups is 2. The molecule has 0 aromatic heterocycles. The fourth-order valence-corrected chi connectivity index (χ4v) is 9.24. The molecule has 4 rings (SSSR count). The van der Waals surface area contributed by atoms with Gasteiger partial charge in [0.2, 0.25) is 0 Å². The fourth-order valence-electron chi connectivity index (χ4n) is 9.24. The number of aryl methyl sites for hydroxylation is 2. The minimum atomic E-state index is -0.550. The number of rotatable bonds is 32. The number of hydrogen-bond donors (Lipinski definition) is 11. The molecule has 0 radical (unpaired) electrons. The molecule has 410 valence electrons. The highest BCUT2D eigenvalue weighted by molar-refractivity contribution is 5.69. The molecule has 0 unspecified atom stereocenters. The van der Waals surface area contributed by atoms with Crippen LogP contribution in [-0.2, 0) is 31.9 Å². The summed E-state index contributed by atoms with van der Waals surface area (Å²) in [6.45, 7) is 2.83. The summed E-state index contributed by atoms with van der Waals surface area (Å²) in [5.74, 6) is -1.34. The summed E-state index contributed by atoms with van der Waals surface area (Å²) in [7, 11) is 0. The molecule has 2 fully saturated rings. The van der Waals surface area contributed by atoms with Crippen molar-refractivity contribution >= 4 is 11.9 Å². The van der Waals surface area contributed by atoms with Crippen LogP contribution in [0.3, 0.4) is 0 Å². The zero-order valence-corrected chi connectivity index (χ0v) is 43.1. The molecular formula is C57H92O15. The predicted octanol–water partition coefficient (Wildman–Crippen LogP) is 5.14. The van der Waals surface area contributed by atoms with Gasteiger partial charge in [0.1, 0.15) is 0 Å². The van der Waals surface area contributed by atoms with E-state index < -0.39 is 42.5 Å². The van der Waals surface area contributed by atoms with E-state index in [1.165, 1.54) is 11.1 Å². The average Bonchev–Trinajstić information content (AvgIpc) is 3.81. The van der Waals surface area contributed by atoms with Gasteiger partial charge >= 0.3 is 11.9 Å². The fraction of sp³-hybridized carbons (Fsp3) is 0.684. The summed E-state index contributed by atoms with van der Waals surface area (Å²) < 4.78 is 10.2. The number of aliphatic hydroxyl groups is 11. The van der Waals surface area contributed by atoms with Crippen LogP contribution in [0.25, 0.3) is 0 Å². The number of hydrogen-bond acceptors (Lipinski definition) is 15. The molecule has 0 bridgehead atoms. The van der Waals surface area contributed by atoms with Crippen molar-refractivity contribution < 1.29 is 75.2 Å². The van der Waals surface area contributed by atoms with E-state index in [1.54, 1.807) is 0 Å². The van der Waals surface area contributed by atoms with Crippen LogP contribution in [0, 0.1) is 35.5 Å². The Labute approximate surface area is 429 Å². The molecular weight excluding hydrogens is 925 g/mol. The van der Waals surface area contributed by atoms with Gasteiger partial charge in [-0.15, -0.1) is 0 Å². The molecule has 0 spiro atoms. The molecule has 72 heavy (non-hydrogen) atoms. The molecule has 2 aliphatic rings. The van der Waals surface area contributed by atoms with Crippen LogP contribution >= 0.6 is 0 Å². The molecule has 2 saturated carbocycles. The van der Waals surface area contributed by atoms with Gasteiger partial charge in [0.25, 0.3) is 0 Å². The third-order valence-corrected chi connectivity index (χ3v) is 13.7. The van der Waals surface area contributed by atoms with E-state index in [0.29, 0.717) is 83.5 Å². The summed E-state index contributed by atoms with van der Waals surface area (Å²) in [5, 5.41) is 105. The molecule has 2 aliphatic carbocycles. The number of aliphatic hydroxyl groups excluding tert-OH is 11. The van der Waals surface area contributed by atoms with Crippen molar-refractivity contribution in [2.75, 3.05) is 39.6 Å². The molecule has 0 amide bonds. The zero-order chi connectivity index (χ0) is 53.1. The second-order valence-electron chi connectivity index (χ2n) is 20.0. The Hall–Kier alpha value is -3.58. The summed E-state index contributed by atoms with van der Waals surface area (Å²) in [5.41, 5.74) is 2.42. The first-order valence-electron chi connectivity index (χ1n) is 26.5. The van der Waals surface area contributed by atoms with Crippen molar-refractivity contribution in [2.45, 2.75) is 172 Å². The summed E-state index contributed by atoms with van der Waals surface area (Å²) in [4.78, 5) is 23.3. The highest BCUT2D eigenvalue weighted by Gasteiger charge is 2.41. The minimum absolute atomic E-state index is 0.00652. The maximum atomic E-state index is 11.7. The van der Waals surface area contributed by atoms with E-state index in [9.17, 15) is 40.2 Å². The smallest absolute Gasteiger partial charge is 0.306 e. The topological polar surface area (TPSA) is 275 Å². The lowest BCUT2D eigenvalue weighted by molar-refractivity contribution is -0.147. The Kier molecular flexibility index (Phi) is 34.9. The van der Waals surface area contributed by atoms with Crippen LogP contribution in [0.1, 0.15) is 128 Å². The number of allylic oxidation sites excluding steroid dienone is 4. The Balaban J connectivity index is 0.000000437. The number of unbranched alkanes of at least 4 members (excludes halogenated alkanes) is 2. The first kappa shape index (κ1) is 64.5. The van der Waals surface area contributed by atoms with Crippen molar-refractivity contribution in [3.8, 4) is 0 Å². The maximum absolute atomic E-state index is 11.7. The highest BCUT2D eigenvalue weighted by atomic mass is 16.5. The lowest BCUT2D eigenvalue weighted by Crippen LogP contribution is -2.23. The Morgan fingerprint density at radius 3 is 1.31 bits per heavy atom. The Morgan fingerprint density at radius 1 is 0.542 bits per heavy atom. The maximum Gasteiger partial charge on any atom is 0.306 e. The average molecular weight is 1020 g/mol. The SMILES string of the molecule is CC(C)OC(=O)CCC/C=C\C[C@@H]1[C@@H](CC[C@@H](O)CCc2ccccc2)[C@H](O)C[C@@H]1O.O=C(CCC/C=C\C[C@@H]1[C@@H](CC[C@@H](O)CCc2ccccc2)[C@H](O)C[C@@H]1O)OCC(CO)CO.OCC(CO)CO. The van der Waals surface area contributed by atoms with E-state index in [0.717, 1.165) is 25.7 Å². The van der Waals surface area contributed by atoms with Crippen LogP contribution < -0.4 is 0 Å². The second kappa shape index (κ2) is 38.9. The zero-order valence-electron chi connectivity index (χ0n) is 43.1. The summed E-state index contributed by atoms with van der Waals surface area (Å²) >= 11 is 0. The van der Waals surface area contributed by atoms with E-state index >= 15 is 0 Å². The first-order valence-corrected chi connectivity index (χ1v) is 26.5. The van der Waals surface area contributed by atoms with Crippen molar-refractivity contribution in [3.05, 3.63) is 96.1 Å². The predicted molar refractivity (Wildman–Crippen MR) is 277 cm³/mol. The monoisotopic (exact) mass is 1020 g/mol. The minimum Gasteiger partial charge on any atom is -0.465 e. The van der Waals surface area contributed by atoms with Crippen LogP contribution in [0.5, 0.6) is 0 Å². The molecule has 15 heteroatoms. The van der Waals surface area contributed by atoms with Crippen molar-refractivity contribution in [1.82, 2.24) is 0 Å². The standard InChI is InChI=1S/C27H42O7.C26H40O5.C4H10O3/c28-17-21(18-29)19-34-27(33)11-7-2-1-6-10-23-24(26(32)16-25(23)31)15-14-22(30)13-12-20-8-4-3-5-9-20;1-19(2)31-26(30)13-9-4-3-8-12-22-23(25(29)18-24(22)28)17-16-21(27)15-14-20-10-6-5-7-11-20;5-1-4(2-6)3-7/h1,3-6,8-9,21-26,28-32H,2,7,10-19H2;3,5-8,10-11,19,21-25,27-29H,4,9,12-18H2,1-2H3;4-7H,1-3H2/b6-1-;8-3-;/t22-,23+,24+,25-,26+;21-,22+,23+,24-,25+;/m00./s1. The quantitative estimate of drug-likeness (QED) is 0.0257. The molecule has 11 N–H and O–H groups in total. The van der Waals surface area contributed by atoms with Gasteiger partial charge in [-0.2, -0.15) is 0 Å². The molecule has 0 aliphatic heterocycles. The summed E-state index contributed by atoms with van der Waals surface area (Å²) in [6, 6.07) is 20.2. The number of benzene rings is 2. The van der Waals surface area contributed by atoms with Crippen LogP contribution in [0.4, 0.5) is 0 Å². The Morgan fingerprint density at radius 2 is 0.931 bits per heavy atom. The van der Waals surface area contributed by atoms with Gasteiger partial charge in [-0.05, 0) is 151 Å². The van der Waals surface area contributed by atoms with Crippen molar-refractivity contribution in [1.29, 1.82) is 0 Å². The third kappa shape index (κ3) is 27.6. The normalized spacial score (nSPS) is 22.8. The third-order valence-electron chi connectivity index (χ3n) is 13.7. The summed E-state index contributed by atoms with van der Waals surface area (Å²) in [6.07, 6.45) is 16.5. The highest BCUT2D eigenvalue weighted by Crippen LogP contribution is 2.40. The first-order chi connectivity index (χ1) is 34.6. The lowest BCUT2D eigenvalue weighted by Gasteiger charge is -2.23. The second-order valence-corrected chi connectivity index (χ2v) is 20.0. The van der Waals surface area contributed by atoms with Crippen LogP contribution in [-0.4, -0.2) is 150 Å². The van der Waals surface area contributed by atoms with Gasteiger partial charge in [0.15, 0.2) is 0 Å². The molecule has 15 nitrogen and oxygen atoms in total. The molecule has 2 aromatic rings. The molecule has 0 heterocycles. The molecule has 2 aromatic carbocycles. The van der Waals surface area contributed by atoms with Gasteiger partial charge in [0, 0.05) is 24.7 Å². The van der Waals surface area contributed by atoms with Gasteiger partial charge in [-0.25, -0.2) is 0 Å². The Bertz CT molecular complexity index is 1700.